The molecule has 0 heterocycles. The molecule has 0 bridgehead atoms. The van der Waals surface area contributed by atoms with Crippen LogP contribution in [0.2, 0.25) is 0 Å². The summed E-state index contributed by atoms with van der Waals surface area (Å²) in [5, 5.41) is 11.6. The van der Waals surface area contributed by atoms with Gasteiger partial charge in [-0.1, -0.05) is 24.6 Å². The van der Waals surface area contributed by atoms with Gasteiger partial charge in [0.05, 0.1) is 10.9 Å². The van der Waals surface area contributed by atoms with Crippen molar-refractivity contribution in [2.75, 3.05) is 0 Å². The van der Waals surface area contributed by atoms with Gasteiger partial charge in [0.15, 0.2) is 5.84 Å². The van der Waals surface area contributed by atoms with E-state index in [0.717, 1.165) is 11.1 Å². The average Bonchev–Trinajstić information content (AvgIpc) is 2.40. The predicted molar refractivity (Wildman–Crippen MR) is 78.3 cm³/mol. The molecule has 0 radical (unpaired) electrons. The minimum atomic E-state index is -3.70. The van der Waals surface area contributed by atoms with Gasteiger partial charge >= 0.3 is 0 Å². The number of hydrogen-bond acceptors (Lipinski definition) is 4. The van der Waals surface area contributed by atoms with Crippen molar-refractivity contribution < 1.29 is 13.6 Å². The number of oxime groups is 1. The van der Waals surface area contributed by atoms with Gasteiger partial charge in [-0.2, -0.15) is 0 Å². The second-order valence-corrected chi connectivity index (χ2v) is 6.45. The quantitative estimate of drug-likeness (QED) is 0.320. The second kappa shape index (κ2) is 6.71. The van der Waals surface area contributed by atoms with Gasteiger partial charge in [0.1, 0.15) is 0 Å². The minimum Gasteiger partial charge on any atom is -0.409 e. The van der Waals surface area contributed by atoms with E-state index in [-0.39, 0.29) is 10.7 Å². The van der Waals surface area contributed by atoms with E-state index in [9.17, 15) is 8.42 Å². The molecule has 20 heavy (non-hydrogen) atoms. The van der Waals surface area contributed by atoms with Gasteiger partial charge in [-0.15, -0.1) is 0 Å². The molecule has 112 valence electrons. The molecule has 1 aromatic rings. The number of amidine groups is 1. The first-order valence-corrected chi connectivity index (χ1v) is 7.87. The van der Waals surface area contributed by atoms with E-state index in [1.165, 1.54) is 0 Å². The lowest BCUT2D eigenvalue weighted by molar-refractivity contribution is 0.315. The van der Waals surface area contributed by atoms with E-state index in [4.69, 9.17) is 10.9 Å². The maximum Gasteiger partial charge on any atom is 0.241 e. The lowest BCUT2D eigenvalue weighted by atomic mass is 10.1. The zero-order valence-electron chi connectivity index (χ0n) is 11.9. The Labute approximate surface area is 119 Å². The highest BCUT2D eigenvalue weighted by Gasteiger charge is 2.22. The molecule has 4 N–H and O–H groups in total. The molecule has 0 aromatic heterocycles. The largest absolute Gasteiger partial charge is 0.409 e. The number of nitrogens with two attached hydrogens (primary N) is 1. The molecule has 0 aliphatic rings. The second-order valence-electron chi connectivity index (χ2n) is 4.73. The summed E-state index contributed by atoms with van der Waals surface area (Å²) >= 11 is 0. The summed E-state index contributed by atoms with van der Waals surface area (Å²) < 4.78 is 27.1. The number of aryl methyl sites for hydroxylation is 2. The summed E-state index contributed by atoms with van der Waals surface area (Å²) in [6, 6.07) is 4.19. The summed E-state index contributed by atoms with van der Waals surface area (Å²) in [4.78, 5) is 0.174. The predicted octanol–water partition coefficient (Wildman–Crippen LogP) is 1.50. The van der Waals surface area contributed by atoms with Gasteiger partial charge in [-0.05, 0) is 43.5 Å². The fourth-order valence-corrected chi connectivity index (χ4v) is 3.09. The number of nitrogens with zero attached hydrogens (tertiary/aromatic N) is 1. The zero-order valence-corrected chi connectivity index (χ0v) is 12.7. The number of sulfonamides is 1. The Morgan fingerprint density at radius 3 is 2.55 bits per heavy atom. The minimum absolute atomic E-state index is 0.140. The van der Waals surface area contributed by atoms with Crippen LogP contribution in [0.3, 0.4) is 0 Å². The molecule has 0 saturated carbocycles. The maximum absolute atomic E-state index is 12.3. The number of benzene rings is 1. The lowest BCUT2D eigenvalue weighted by Crippen LogP contribution is -2.44. The van der Waals surface area contributed by atoms with Gasteiger partial charge < -0.3 is 10.9 Å². The molecule has 0 fully saturated rings. The Balaban J connectivity index is 3.06. The Hall–Kier alpha value is -1.60. The van der Waals surface area contributed by atoms with Crippen LogP contribution < -0.4 is 10.5 Å². The summed E-state index contributed by atoms with van der Waals surface area (Å²) in [6.45, 7) is 5.65. The van der Waals surface area contributed by atoms with E-state index in [0.29, 0.717) is 12.8 Å². The van der Waals surface area contributed by atoms with Crippen LogP contribution in [0.1, 0.15) is 30.9 Å². The smallest absolute Gasteiger partial charge is 0.241 e. The number of nitrogens with one attached hydrogen (secondary N) is 1. The summed E-state index contributed by atoms with van der Waals surface area (Å²) in [5.74, 6) is -0.140. The van der Waals surface area contributed by atoms with E-state index in [1.807, 2.05) is 20.8 Å². The van der Waals surface area contributed by atoms with Crippen molar-refractivity contribution >= 4 is 15.9 Å². The van der Waals surface area contributed by atoms with Crippen molar-refractivity contribution in [3.63, 3.8) is 0 Å². The van der Waals surface area contributed by atoms with Crippen LogP contribution in [0.4, 0.5) is 0 Å². The highest BCUT2D eigenvalue weighted by molar-refractivity contribution is 7.89. The average molecular weight is 299 g/mol. The molecule has 0 saturated heterocycles. The van der Waals surface area contributed by atoms with Gasteiger partial charge in [0.25, 0.3) is 0 Å². The number of hydrogen-bond donors (Lipinski definition) is 3. The number of rotatable bonds is 6. The van der Waals surface area contributed by atoms with Crippen LogP contribution in [0.15, 0.2) is 28.3 Å². The van der Waals surface area contributed by atoms with Crippen LogP contribution >= 0.6 is 0 Å². The Morgan fingerprint density at radius 1 is 1.40 bits per heavy atom. The van der Waals surface area contributed by atoms with Crippen molar-refractivity contribution in [3.05, 3.63) is 29.3 Å². The van der Waals surface area contributed by atoms with Crippen molar-refractivity contribution in [1.29, 1.82) is 0 Å². The van der Waals surface area contributed by atoms with Gasteiger partial charge in [-0.25, -0.2) is 13.1 Å². The third-order valence-corrected chi connectivity index (χ3v) is 4.61. The molecule has 0 amide bonds. The Morgan fingerprint density at radius 2 is 2.05 bits per heavy atom. The molecule has 1 unspecified atom stereocenters. The maximum atomic E-state index is 12.3. The van der Waals surface area contributed by atoms with Gasteiger partial charge in [0, 0.05) is 0 Å². The highest BCUT2D eigenvalue weighted by atomic mass is 32.2. The fourth-order valence-electron chi connectivity index (χ4n) is 1.76. The summed E-state index contributed by atoms with van der Waals surface area (Å²) in [7, 11) is -3.70. The first-order valence-electron chi connectivity index (χ1n) is 6.38. The SMILES string of the molecule is CCCC(NS(=O)(=O)c1ccc(C)c(C)c1)/C(N)=N/O. The molecular formula is C13H21N3O3S. The van der Waals surface area contributed by atoms with Gasteiger partial charge in [-0.3, -0.25) is 0 Å². The van der Waals surface area contributed by atoms with Gasteiger partial charge in [0.2, 0.25) is 10.0 Å². The zero-order chi connectivity index (χ0) is 15.3. The monoisotopic (exact) mass is 299 g/mol. The first kappa shape index (κ1) is 16.5. The third-order valence-electron chi connectivity index (χ3n) is 3.14. The highest BCUT2D eigenvalue weighted by Crippen LogP contribution is 2.15. The molecular weight excluding hydrogens is 278 g/mol. The van der Waals surface area contributed by atoms with Crippen LogP contribution in [-0.4, -0.2) is 25.5 Å². The van der Waals surface area contributed by atoms with E-state index in [2.05, 4.69) is 9.88 Å². The standard InChI is InChI=1S/C13H21N3O3S/c1-4-5-12(13(14)15-17)16-20(18,19)11-7-6-9(2)10(3)8-11/h6-8,12,16-17H,4-5H2,1-3H3,(H2,14,15). The van der Waals surface area contributed by atoms with Crippen LogP contribution in [-0.2, 0) is 10.0 Å². The first-order chi connectivity index (χ1) is 9.31. The molecule has 7 heteroatoms. The van der Waals surface area contributed by atoms with Crippen molar-refractivity contribution in [3.8, 4) is 0 Å². The molecule has 1 atom stereocenters. The van der Waals surface area contributed by atoms with Crippen molar-refractivity contribution in [2.24, 2.45) is 10.9 Å². The van der Waals surface area contributed by atoms with Crippen molar-refractivity contribution in [2.45, 2.75) is 44.6 Å². The summed E-state index contributed by atoms with van der Waals surface area (Å²) in [6.07, 6.45) is 1.16. The van der Waals surface area contributed by atoms with E-state index >= 15 is 0 Å². The topological polar surface area (TPSA) is 105 Å². The molecule has 1 rings (SSSR count). The normalized spacial score (nSPS) is 14.2. The summed E-state index contributed by atoms with van der Waals surface area (Å²) in [5.41, 5.74) is 7.43. The molecule has 0 aliphatic carbocycles. The lowest BCUT2D eigenvalue weighted by Gasteiger charge is -2.17. The molecule has 0 aliphatic heterocycles. The molecule has 1 aromatic carbocycles. The van der Waals surface area contributed by atoms with Crippen LogP contribution in [0, 0.1) is 13.8 Å². The van der Waals surface area contributed by atoms with E-state index in [1.54, 1.807) is 18.2 Å². The third kappa shape index (κ3) is 3.94. The molecule has 0 spiro atoms. The Kier molecular flexibility index (Phi) is 5.52. The Bertz CT molecular complexity index is 597. The van der Waals surface area contributed by atoms with Crippen LogP contribution in [0.25, 0.3) is 0 Å². The fraction of sp³-hybridized carbons (Fsp3) is 0.462. The van der Waals surface area contributed by atoms with Crippen molar-refractivity contribution in [1.82, 2.24) is 4.72 Å². The van der Waals surface area contributed by atoms with Crippen LogP contribution in [0.5, 0.6) is 0 Å². The molecule has 6 nitrogen and oxygen atoms in total. The van der Waals surface area contributed by atoms with E-state index < -0.39 is 16.1 Å².